The second-order valence-corrected chi connectivity index (χ2v) is 6.39. The van der Waals surface area contributed by atoms with Gasteiger partial charge in [0.2, 0.25) is 0 Å². The summed E-state index contributed by atoms with van der Waals surface area (Å²) in [7, 11) is 0. The van der Waals surface area contributed by atoms with Crippen molar-refractivity contribution in [3.63, 3.8) is 0 Å². The zero-order valence-electron chi connectivity index (χ0n) is 13.0. The summed E-state index contributed by atoms with van der Waals surface area (Å²) in [6, 6.07) is 7.14. The fourth-order valence-corrected chi connectivity index (χ4v) is 2.98. The zero-order valence-corrected chi connectivity index (χ0v) is 14.6. The number of nitrogens with zero attached hydrogens (tertiary/aromatic N) is 1. The Bertz CT molecular complexity index is 759. The van der Waals surface area contributed by atoms with E-state index in [2.05, 4.69) is 42.1 Å². The number of amides is 2. The van der Waals surface area contributed by atoms with E-state index < -0.39 is 0 Å². The Morgan fingerprint density at radius 2 is 2.00 bits per heavy atom. The molecule has 0 atom stereocenters. The van der Waals surface area contributed by atoms with Crippen molar-refractivity contribution in [2.24, 2.45) is 0 Å². The average Bonchev–Trinajstić information content (AvgIpc) is 3.02. The van der Waals surface area contributed by atoms with Gasteiger partial charge < -0.3 is 16.0 Å². The predicted octanol–water partition coefficient (Wildman–Crippen LogP) is 0.978. The second kappa shape index (κ2) is 7.59. The smallest absolute Gasteiger partial charge is 0.272 e. The van der Waals surface area contributed by atoms with Gasteiger partial charge >= 0.3 is 0 Å². The highest BCUT2D eigenvalue weighted by Gasteiger charge is 2.21. The number of aromatic nitrogens is 2. The van der Waals surface area contributed by atoms with Crippen molar-refractivity contribution in [3.05, 3.63) is 51.3 Å². The first-order valence-electron chi connectivity index (χ1n) is 7.74. The molecule has 0 unspecified atom stereocenters. The van der Waals surface area contributed by atoms with Gasteiger partial charge in [0.1, 0.15) is 0 Å². The van der Waals surface area contributed by atoms with Gasteiger partial charge in [-0.15, -0.1) is 0 Å². The van der Waals surface area contributed by atoms with E-state index in [0.717, 1.165) is 28.7 Å². The maximum atomic E-state index is 12.2. The minimum absolute atomic E-state index is 0.174. The number of carbonyl (C=O) groups is 2. The number of carbonyl (C=O) groups excluding carboxylic acids is 2. The minimum Gasteiger partial charge on any atom is -0.350 e. The van der Waals surface area contributed by atoms with Gasteiger partial charge in [0, 0.05) is 53.9 Å². The van der Waals surface area contributed by atoms with Crippen molar-refractivity contribution < 1.29 is 9.59 Å². The molecule has 0 bridgehead atoms. The van der Waals surface area contributed by atoms with Crippen molar-refractivity contribution in [2.75, 3.05) is 19.6 Å². The lowest BCUT2D eigenvalue weighted by Crippen LogP contribution is -2.35. The van der Waals surface area contributed by atoms with Gasteiger partial charge in [0.15, 0.2) is 5.69 Å². The molecule has 0 spiro atoms. The number of nitrogens with one attached hydrogen (secondary N) is 4. The number of halogens is 1. The Morgan fingerprint density at radius 1 is 1.21 bits per heavy atom. The largest absolute Gasteiger partial charge is 0.350 e. The number of hydrogen-bond acceptors (Lipinski definition) is 4. The van der Waals surface area contributed by atoms with Crippen LogP contribution in [0.3, 0.4) is 0 Å². The first-order chi connectivity index (χ1) is 11.6. The fraction of sp³-hybridized carbons (Fsp3) is 0.312. The molecule has 1 aromatic carbocycles. The Morgan fingerprint density at radius 3 is 2.79 bits per heavy atom. The van der Waals surface area contributed by atoms with Crippen LogP contribution in [0, 0.1) is 0 Å². The van der Waals surface area contributed by atoms with Crippen LogP contribution in [0.5, 0.6) is 0 Å². The summed E-state index contributed by atoms with van der Waals surface area (Å²) in [4.78, 5) is 24.2. The molecular formula is C16H18BrN5O2. The summed E-state index contributed by atoms with van der Waals surface area (Å²) in [5, 5.41) is 15.8. The van der Waals surface area contributed by atoms with Gasteiger partial charge in [-0.2, -0.15) is 5.10 Å². The zero-order chi connectivity index (χ0) is 16.9. The second-order valence-electron chi connectivity index (χ2n) is 5.48. The molecule has 126 valence electrons. The lowest BCUT2D eigenvalue weighted by molar-refractivity contribution is 0.0924. The van der Waals surface area contributed by atoms with Crippen molar-refractivity contribution in [3.8, 4) is 0 Å². The molecule has 0 saturated carbocycles. The highest BCUT2D eigenvalue weighted by molar-refractivity contribution is 9.10. The molecule has 3 rings (SSSR count). The van der Waals surface area contributed by atoms with Crippen LogP contribution >= 0.6 is 15.9 Å². The average molecular weight is 392 g/mol. The topological polar surface area (TPSA) is 98.9 Å². The van der Waals surface area contributed by atoms with Crippen LogP contribution in [0.15, 0.2) is 28.7 Å². The SMILES string of the molecule is O=C(NCCNC(=O)c1n[nH]c2c1CNCC2)c1cccc(Br)c1. The molecule has 0 saturated heterocycles. The van der Waals surface area contributed by atoms with Crippen LogP contribution in [0.4, 0.5) is 0 Å². The van der Waals surface area contributed by atoms with Crippen LogP contribution in [0.1, 0.15) is 32.1 Å². The van der Waals surface area contributed by atoms with E-state index in [1.54, 1.807) is 18.2 Å². The van der Waals surface area contributed by atoms with Gasteiger partial charge in [-0.1, -0.05) is 22.0 Å². The van der Waals surface area contributed by atoms with Crippen molar-refractivity contribution >= 4 is 27.7 Å². The molecule has 0 aliphatic carbocycles. The summed E-state index contributed by atoms with van der Waals surface area (Å²) >= 11 is 3.33. The first kappa shape index (κ1) is 16.7. The van der Waals surface area contributed by atoms with Crippen LogP contribution in [0.2, 0.25) is 0 Å². The third kappa shape index (κ3) is 3.82. The van der Waals surface area contributed by atoms with Crippen LogP contribution < -0.4 is 16.0 Å². The standard InChI is InChI=1S/C16H18BrN5O2/c17-11-3-1-2-10(8-11)15(23)19-6-7-20-16(24)14-12-9-18-5-4-13(12)21-22-14/h1-3,8,18H,4-7,9H2,(H,19,23)(H,20,24)(H,21,22). The number of aromatic amines is 1. The number of H-pyrrole nitrogens is 1. The summed E-state index contributed by atoms with van der Waals surface area (Å²) in [6.45, 7) is 2.22. The number of rotatable bonds is 5. The predicted molar refractivity (Wildman–Crippen MR) is 92.8 cm³/mol. The van der Waals surface area contributed by atoms with E-state index in [1.165, 1.54) is 0 Å². The summed E-state index contributed by atoms with van der Waals surface area (Å²) < 4.78 is 0.848. The fourth-order valence-electron chi connectivity index (χ4n) is 2.58. The van der Waals surface area contributed by atoms with Gasteiger partial charge in [-0.05, 0) is 18.2 Å². The third-order valence-corrected chi connectivity index (χ3v) is 4.30. The van der Waals surface area contributed by atoms with Gasteiger partial charge in [0.05, 0.1) is 0 Å². The van der Waals surface area contributed by atoms with Gasteiger partial charge in [-0.3, -0.25) is 14.7 Å². The molecule has 8 heteroatoms. The highest BCUT2D eigenvalue weighted by atomic mass is 79.9. The Labute approximate surface area is 147 Å². The van der Waals surface area contributed by atoms with E-state index >= 15 is 0 Å². The normalized spacial score (nSPS) is 13.2. The molecule has 4 N–H and O–H groups in total. The lowest BCUT2D eigenvalue weighted by Gasteiger charge is -2.13. The van der Waals surface area contributed by atoms with Crippen LogP contribution in [-0.2, 0) is 13.0 Å². The lowest BCUT2D eigenvalue weighted by atomic mass is 10.1. The maximum absolute atomic E-state index is 12.2. The summed E-state index contributed by atoms with van der Waals surface area (Å²) in [5.41, 5.74) is 2.94. The van der Waals surface area contributed by atoms with E-state index in [4.69, 9.17) is 0 Å². The molecule has 24 heavy (non-hydrogen) atoms. The summed E-state index contributed by atoms with van der Waals surface area (Å²) in [5.74, 6) is -0.403. The molecular weight excluding hydrogens is 374 g/mol. The van der Waals surface area contributed by atoms with Crippen LogP contribution in [0.25, 0.3) is 0 Å². The van der Waals surface area contributed by atoms with E-state index in [9.17, 15) is 9.59 Å². The molecule has 2 heterocycles. The maximum Gasteiger partial charge on any atom is 0.272 e. The third-order valence-electron chi connectivity index (χ3n) is 3.80. The molecule has 1 aromatic heterocycles. The van der Waals surface area contributed by atoms with Crippen LogP contribution in [-0.4, -0.2) is 41.6 Å². The molecule has 2 amide bonds. The van der Waals surface area contributed by atoms with E-state index in [-0.39, 0.29) is 11.8 Å². The van der Waals surface area contributed by atoms with Gasteiger partial charge in [-0.25, -0.2) is 0 Å². The number of fused-ring (bicyclic) bond motifs is 1. The molecule has 1 aliphatic rings. The van der Waals surface area contributed by atoms with Crippen molar-refractivity contribution in [2.45, 2.75) is 13.0 Å². The molecule has 0 fully saturated rings. The quantitative estimate of drug-likeness (QED) is 0.570. The summed E-state index contributed by atoms with van der Waals surface area (Å²) in [6.07, 6.45) is 0.846. The first-order valence-corrected chi connectivity index (χ1v) is 8.53. The number of hydrogen-bond donors (Lipinski definition) is 4. The number of benzene rings is 1. The van der Waals surface area contributed by atoms with E-state index in [0.29, 0.717) is 30.9 Å². The highest BCUT2D eigenvalue weighted by Crippen LogP contribution is 2.15. The monoisotopic (exact) mass is 391 g/mol. The Kier molecular flexibility index (Phi) is 5.27. The van der Waals surface area contributed by atoms with E-state index in [1.807, 2.05) is 6.07 Å². The van der Waals surface area contributed by atoms with Crippen molar-refractivity contribution in [1.29, 1.82) is 0 Å². The molecule has 1 aliphatic heterocycles. The molecule has 0 radical (unpaired) electrons. The molecule has 7 nitrogen and oxygen atoms in total. The van der Waals surface area contributed by atoms with Gasteiger partial charge in [0.25, 0.3) is 11.8 Å². The minimum atomic E-state index is -0.229. The van der Waals surface area contributed by atoms with Crippen molar-refractivity contribution in [1.82, 2.24) is 26.1 Å². The Hall–Kier alpha value is -2.19. The Balaban J connectivity index is 1.47. The molecule has 2 aromatic rings.